The zero-order valence-electron chi connectivity index (χ0n) is 12.3. The number of urea groups is 1. The number of hydrogen-bond acceptors (Lipinski definition) is 3. The number of rotatable bonds is 5. The van der Waals surface area contributed by atoms with Crippen LogP contribution in [0.4, 0.5) is 4.79 Å². The lowest BCUT2D eigenvalue weighted by molar-refractivity contribution is 0.237. The fraction of sp³-hybridized carbons (Fsp3) is 0.235. The molecule has 2 heterocycles. The van der Waals surface area contributed by atoms with Crippen LogP contribution in [-0.2, 0) is 13.0 Å². The third kappa shape index (κ3) is 3.67. The molecule has 0 spiro atoms. The first-order valence-electron chi connectivity index (χ1n) is 7.24. The van der Waals surface area contributed by atoms with Crippen LogP contribution in [0.5, 0.6) is 0 Å². The highest BCUT2D eigenvalue weighted by Gasteiger charge is 2.11. The van der Waals surface area contributed by atoms with E-state index in [0.29, 0.717) is 6.54 Å². The molecule has 0 fully saturated rings. The number of carbonyl (C=O) groups is 1. The van der Waals surface area contributed by atoms with E-state index in [4.69, 9.17) is 0 Å². The van der Waals surface area contributed by atoms with Gasteiger partial charge in [0.05, 0.1) is 6.54 Å². The normalized spacial score (nSPS) is 12.2. The molecule has 0 bridgehead atoms. The Morgan fingerprint density at radius 3 is 2.86 bits per heavy atom. The summed E-state index contributed by atoms with van der Waals surface area (Å²) in [4.78, 5) is 13.1. The van der Waals surface area contributed by atoms with E-state index in [1.807, 2.05) is 24.4 Å². The minimum Gasteiger partial charge on any atom is -0.335 e. The van der Waals surface area contributed by atoms with Crippen molar-refractivity contribution in [2.24, 2.45) is 0 Å². The predicted molar refractivity (Wildman–Crippen MR) is 94.7 cm³/mol. The van der Waals surface area contributed by atoms with E-state index in [2.05, 4.69) is 40.3 Å². The first-order valence-corrected chi connectivity index (χ1v) is 9.00. The van der Waals surface area contributed by atoms with Gasteiger partial charge in [0.15, 0.2) is 0 Å². The number of thiophene rings is 2. The molecule has 1 aromatic carbocycles. The Morgan fingerprint density at radius 2 is 2.05 bits per heavy atom. The van der Waals surface area contributed by atoms with Crippen LogP contribution in [0.15, 0.2) is 47.2 Å². The quantitative estimate of drug-likeness (QED) is 0.715. The van der Waals surface area contributed by atoms with Gasteiger partial charge in [-0.3, -0.25) is 0 Å². The Hall–Kier alpha value is -1.85. The van der Waals surface area contributed by atoms with Crippen LogP contribution in [0.1, 0.15) is 17.4 Å². The van der Waals surface area contributed by atoms with Gasteiger partial charge in [-0.15, -0.1) is 22.7 Å². The van der Waals surface area contributed by atoms with Gasteiger partial charge < -0.3 is 10.6 Å². The van der Waals surface area contributed by atoms with Crippen molar-refractivity contribution in [3.8, 4) is 0 Å². The van der Waals surface area contributed by atoms with Crippen molar-refractivity contribution in [2.75, 3.05) is 0 Å². The second-order valence-electron chi connectivity index (χ2n) is 5.27. The molecule has 3 aromatic rings. The Balaban J connectivity index is 1.53. The number of amides is 2. The van der Waals surface area contributed by atoms with Crippen LogP contribution in [0.2, 0.25) is 0 Å². The molecule has 22 heavy (non-hydrogen) atoms. The van der Waals surface area contributed by atoms with Gasteiger partial charge in [0.25, 0.3) is 0 Å². The van der Waals surface area contributed by atoms with Gasteiger partial charge >= 0.3 is 6.03 Å². The smallest absolute Gasteiger partial charge is 0.315 e. The Morgan fingerprint density at radius 1 is 1.18 bits per heavy atom. The first kappa shape index (κ1) is 15.1. The van der Waals surface area contributed by atoms with Crippen molar-refractivity contribution in [1.29, 1.82) is 0 Å². The summed E-state index contributed by atoms with van der Waals surface area (Å²) < 4.78 is 1.30. The minimum atomic E-state index is -0.111. The zero-order valence-corrected chi connectivity index (χ0v) is 14.0. The monoisotopic (exact) mass is 330 g/mol. The first-order chi connectivity index (χ1) is 10.7. The highest BCUT2D eigenvalue weighted by molar-refractivity contribution is 7.17. The number of nitrogens with one attached hydrogen (secondary N) is 2. The van der Waals surface area contributed by atoms with Crippen molar-refractivity contribution >= 4 is 38.8 Å². The molecule has 0 aliphatic carbocycles. The average molecular weight is 330 g/mol. The van der Waals surface area contributed by atoms with Crippen molar-refractivity contribution in [3.63, 3.8) is 0 Å². The van der Waals surface area contributed by atoms with Crippen LogP contribution in [-0.4, -0.2) is 12.1 Å². The molecule has 0 saturated heterocycles. The molecule has 1 atom stereocenters. The summed E-state index contributed by atoms with van der Waals surface area (Å²) in [6.07, 6.45) is 0.844. The summed E-state index contributed by atoms with van der Waals surface area (Å²) in [6, 6.07) is 12.4. The molecule has 2 aromatic heterocycles. The highest BCUT2D eigenvalue weighted by Crippen LogP contribution is 2.26. The van der Waals surface area contributed by atoms with Gasteiger partial charge in [0.1, 0.15) is 0 Å². The minimum absolute atomic E-state index is 0.0985. The van der Waals surface area contributed by atoms with Crippen LogP contribution in [0.25, 0.3) is 10.1 Å². The van der Waals surface area contributed by atoms with Gasteiger partial charge in [-0.2, -0.15) is 0 Å². The molecular formula is C17H18N2OS2. The topological polar surface area (TPSA) is 41.1 Å². The van der Waals surface area contributed by atoms with E-state index in [0.717, 1.165) is 11.3 Å². The maximum atomic E-state index is 11.9. The van der Waals surface area contributed by atoms with E-state index in [-0.39, 0.29) is 12.1 Å². The van der Waals surface area contributed by atoms with Crippen LogP contribution in [0.3, 0.4) is 0 Å². The lowest BCUT2D eigenvalue weighted by Gasteiger charge is -2.14. The van der Waals surface area contributed by atoms with Gasteiger partial charge in [-0.1, -0.05) is 24.3 Å². The maximum Gasteiger partial charge on any atom is 0.315 e. The molecule has 3 rings (SSSR count). The molecule has 0 radical (unpaired) electrons. The molecule has 2 N–H and O–H groups in total. The van der Waals surface area contributed by atoms with E-state index in [1.54, 1.807) is 22.7 Å². The van der Waals surface area contributed by atoms with Gasteiger partial charge in [0.2, 0.25) is 0 Å². The lowest BCUT2D eigenvalue weighted by atomic mass is 10.1. The van der Waals surface area contributed by atoms with E-state index >= 15 is 0 Å². The zero-order chi connectivity index (χ0) is 15.4. The molecule has 2 amide bonds. The molecule has 3 nitrogen and oxygen atoms in total. The standard InChI is InChI=1S/C17H18N2OS2/c1-12(19-17(20)18-10-14-5-4-8-21-14)9-13-11-22-16-7-3-2-6-15(13)16/h2-8,11-12H,9-10H2,1H3,(H2,18,19,20)/t12-/m0/s1. The number of carbonyl (C=O) groups excluding carboxylic acids is 1. The summed E-state index contributed by atoms with van der Waals surface area (Å²) in [5.74, 6) is 0. The molecule has 114 valence electrons. The van der Waals surface area contributed by atoms with Crippen LogP contribution in [0, 0.1) is 0 Å². The number of fused-ring (bicyclic) bond motifs is 1. The lowest BCUT2D eigenvalue weighted by Crippen LogP contribution is -2.41. The number of hydrogen-bond donors (Lipinski definition) is 2. The van der Waals surface area contributed by atoms with Gasteiger partial charge in [0, 0.05) is 15.6 Å². The summed E-state index contributed by atoms with van der Waals surface area (Å²) >= 11 is 3.40. The van der Waals surface area contributed by atoms with E-state index in [1.165, 1.54) is 15.6 Å². The second-order valence-corrected chi connectivity index (χ2v) is 7.21. The summed E-state index contributed by atoms with van der Waals surface area (Å²) in [5, 5.41) is 11.4. The summed E-state index contributed by atoms with van der Waals surface area (Å²) in [7, 11) is 0. The van der Waals surface area contributed by atoms with Crippen molar-refractivity contribution < 1.29 is 4.79 Å². The van der Waals surface area contributed by atoms with Crippen molar-refractivity contribution in [2.45, 2.75) is 25.9 Å². The largest absolute Gasteiger partial charge is 0.335 e. The number of benzene rings is 1. The van der Waals surface area contributed by atoms with E-state index < -0.39 is 0 Å². The second kappa shape index (κ2) is 6.94. The van der Waals surface area contributed by atoms with Crippen LogP contribution >= 0.6 is 22.7 Å². The Kier molecular flexibility index (Phi) is 4.75. The molecule has 0 saturated carbocycles. The third-order valence-electron chi connectivity index (χ3n) is 3.47. The van der Waals surface area contributed by atoms with Gasteiger partial charge in [-0.05, 0) is 47.2 Å². The Labute approximate surface area is 138 Å². The summed E-state index contributed by atoms with van der Waals surface area (Å²) in [6.45, 7) is 2.62. The molecule has 0 aliphatic heterocycles. The van der Waals surface area contributed by atoms with Crippen molar-refractivity contribution in [3.05, 3.63) is 57.6 Å². The summed E-state index contributed by atoms with van der Waals surface area (Å²) in [5.41, 5.74) is 1.30. The molecule has 5 heteroatoms. The molecule has 0 unspecified atom stereocenters. The molecular weight excluding hydrogens is 312 g/mol. The van der Waals surface area contributed by atoms with Crippen molar-refractivity contribution in [1.82, 2.24) is 10.6 Å². The predicted octanol–water partition coefficient (Wildman–Crippen LogP) is 4.39. The van der Waals surface area contributed by atoms with E-state index in [9.17, 15) is 4.79 Å². The fourth-order valence-corrected chi connectivity index (χ4v) is 4.05. The van der Waals surface area contributed by atoms with Crippen LogP contribution < -0.4 is 10.6 Å². The fourth-order valence-electron chi connectivity index (χ4n) is 2.43. The van der Waals surface area contributed by atoms with Gasteiger partial charge in [-0.25, -0.2) is 4.79 Å². The Bertz CT molecular complexity index is 749. The third-order valence-corrected chi connectivity index (χ3v) is 5.36. The maximum absolute atomic E-state index is 11.9. The molecule has 0 aliphatic rings. The highest BCUT2D eigenvalue weighted by atomic mass is 32.1. The SMILES string of the molecule is C[C@@H](Cc1csc2ccccc12)NC(=O)NCc1cccs1. The average Bonchev–Trinajstić information content (AvgIpc) is 3.15.